The molecule has 1 aliphatic rings. The number of benzene rings is 1. The van der Waals surface area contributed by atoms with Crippen LogP contribution in [-0.4, -0.2) is 18.4 Å². The Hall–Kier alpha value is -1.61. The third kappa shape index (κ3) is 7.29. The summed E-state index contributed by atoms with van der Waals surface area (Å²) in [5.41, 5.74) is 1.93. The van der Waals surface area contributed by atoms with Gasteiger partial charge in [-0.2, -0.15) is 0 Å². The fourth-order valence-electron chi connectivity index (χ4n) is 3.05. The van der Waals surface area contributed by atoms with E-state index in [1.54, 1.807) is 0 Å². The van der Waals surface area contributed by atoms with Crippen LogP contribution >= 0.6 is 35.3 Å². The summed E-state index contributed by atoms with van der Waals surface area (Å²) in [6, 6.07) is 12.3. The number of hydrogen-bond donors (Lipinski definition) is 3. The van der Waals surface area contributed by atoms with Gasteiger partial charge < -0.3 is 16.0 Å². The lowest BCUT2D eigenvalue weighted by molar-refractivity contribution is -0.122. The second kappa shape index (κ2) is 12.2. The number of nitrogens with zero attached hydrogens (tertiary/aromatic N) is 1. The third-order valence-electron chi connectivity index (χ3n) is 4.93. The maximum atomic E-state index is 12.1. The molecule has 0 unspecified atom stereocenters. The summed E-state index contributed by atoms with van der Waals surface area (Å²) in [5, 5.41) is 9.73. The van der Waals surface area contributed by atoms with Crippen LogP contribution in [0.1, 0.15) is 48.4 Å². The molecule has 0 bridgehead atoms. The molecule has 1 saturated carbocycles. The molecule has 0 aliphatic heterocycles. The van der Waals surface area contributed by atoms with Gasteiger partial charge >= 0.3 is 0 Å². The van der Waals surface area contributed by atoms with Crippen molar-refractivity contribution in [3.63, 3.8) is 0 Å². The average molecular weight is 526 g/mol. The van der Waals surface area contributed by atoms with Gasteiger partial charge in [0, 0.05) is 27.9 Å². The summed E-state index contributed by atoms with van der Waals surface area (Å²) in [6.07, 6.45) is 4.26. The highest BCUT2D eigenvalue weighted by Gasteiger charge is 2.25. The number of aryl methyl sites for hydroxylation is 1. The standard InChI is InChI=1S/C22H30N4OS.HI/c1-3-19-11-12-20(28-19)15-25-22(23-4-2)24-14-16-7-5-10-18(13-16)26-21(27)17-8-6-9-17;/h5,7,10-13,17H,3-4,6,8-9,14-15H2,1-2H3,(H,26,27)(H2,23,24,25);1H. The Morgan fingerprint density at radius 2 is 1.93 bits per heavy atom. The monoisotopic (exact) mass is 526 g/mol. The van der Waals surface area contributed by atoms with Gasteiger partial charge in [0.05, 0.1) is 13.1 Å². The molecule has 1 aromatic heterocycles. The van der Waals surface area contributed by atoms with E-state index in [-0.39, 0.29) is 35.8 Å². The lowest BCUT2D eigenvalue weighted by atomic mass is 9.85. The highest BCUT2D eigenvalue weighted by Crippen LogP contribution is 2.27. The van der Waals surface area contributed by atoms with Gasteiger partial charge in [-0.15, -0.1) is 35.3 Å². The van der Waals surface area contributed by atoms with Gasteiger partial charge in [0.15, 0.2) is 5.96 Å². The van der Waals surface area contributed by atoms with E-state index in [0.29, 0.717) is 6.54 Å². The van der Waals surface area contributed by atoms with Crippen LogP contribution in [-0.2, 0) is 24.3 Å². The molecule has 29 heavy (non-hydrogen) atoms. The first-order chi connectivity index (χ1) is 13.7. The first kappa shape index (κ1) is 23.7. The summed E-state index contributed by atoms with van der Waals surface area (Å²) in [7, 11) is 0. The van der Waals surface area contributed by atoms with Crippen LogP contribution in [0.25, 0.3) is 0 Å². The molecule has 0 atom stereocenters. The number of hydrogen-bond acceptors (Lipinski definition) is 3. The van der Waals surface area contributed by atoms with E-state index in [2.05, 4.69) is 41.9 Å². The quantitative estimate of drug-likeness (QED) is 0.260. The number of aliphatic imine (C=N–C) groups is 1. The van der Waals surface area contributed by atoms with Crippen LogP contribution in [0.2, 0.25) is 0 Å². The zero-order chi connectivity index (χ0) is 19.8. The van der Waals surface area contributed by atoms with Crippen molar-refractivity contribution < 1.29 is 4.79 Å². The molecule has 158 valence electrons. The summed E-state index contributed by atoms with van der Waals surface area (Å²) in [5.74, 6) is 1.14. The Bertz CT molecular complexity index is 817. The Labute approximate surface area is 194 Å². The number of guanidine groups is 1. The molecule has 1 aromatic carbocycles. The van der Waals surface area contributed by atoms with Crippen molar-refractivity contribution in [1.29, 1.82) is 0 Å². The lowest BCUT2D eigenvalue weighted by Crippen LogP contribution is -2.36. The van der Waals surface area contributed by atoms with Gasteiger partial charge in [-0.05, 0) is 56.0 Å². The predicted molar refractivity (Wildman–Crippen MR) is 133 cm³/mol. The first-order valence-electron chi connectivity index (χ1n) is 10.2. The maximum absolute atomic E-state index is 12.1. The van der Waals surface area contributed by atoms with Gasteiger partial charge in [0.2, 0.25) is 5.91 Å². The minimum absolute atomic E-state index is 0. The zero-order valence-corrected chi connectivity index (χ0v) is 20.3. The number of halogens is 1. The van der Waals surface area contributed by atoms with Crippen molar-refractivity contribution >= 4 is 52.9 Å². The third-order valence-corrected chi connectivity index (χ3v) is 6.16. The predicted octanol–water partition coefficient (Wildman–Crippen LogP) is 4.92. The van der Waals surface area contributed by atoms with E-state index in [1.807, 2.05) is 35.6 Å². The minimum atomic E-state index is 0. The number of thiophene rings is 1. The molecule has 1 aliphatic carbocycles. The molecule has 0 saturated heterocycles. The molecule has 1 heterocycles. The molecule has 1 fully saturated rings. The van der Waals surface area contributed by atoms with Gasteiger partial charge in [-0.1, -0.05) is 25.5 Å². The molecular weight excluding hydrogens is 495 g/mol. The number of rotatable bonds is 8. The lowest BCUT2D eigenvalue weighted by Gasteiger charge is -2.24. The molecule has 0 radical (unpaired) electrons. The Morgan fingerprint density at radius 3 is 2.59 bits per heavy atom. The number of carbonyl (C=O) groups excluding carboxylic acids is 1. The second-order valence-electron chi connectivity index (χ2n) is 7.09. The number of nitrogens with one attached hydrogen (secondary N) is 3. The van der Waals surface area contributed by atoms with E-state index in [9.17, 15) is 4.79 Å². The normalized spacial score (nSPS) is 13.9. The second-order valence-corrected chi connectivity index (χ2v) is 8.34. The summed E-state index contributed by atoms with van der Waals surface area (Å²) in [4.78, 5) is 19.5. The molecule has 1 amide bonds. The number of anilines is 1. The van der Waals surface area contributed by atoms with Crippen LogP contribution in [0.3, 0.4) is 0 Å². The van der Waals surface area contributed by atoms with Crippen molar-refractivity contribution in [2.24, 2.45) is 10.9 Å². The van der Waals surface area contributed by atoms with E-state index in [0.717, 1.165) is 56.0 Å². The van der Waals surface area contributed by atoms with Crippen molar-refractivity contribution in [3.8, 4) is 0 Å². The van der Waals surface area contributed by atoms with E-state index >= 15 is 0 Å². The van der Waals surface area contributed by atoms with Crippen molar-refractivity contribution in [2.45, 2.75) is 52.6 Å². The Morgan fingerprint density at radius 1 is 1.14 bits per heavy atom. The number of carbonyl (C=O) groups is 1. The van der Waals surface area contributed by atoms with E-state index < -0.39 is 0 Å². The molecule has 3 rings (SSSR count). The van der Waals surface area contributed by atoms with Crippen LogP contribution in [0.5, 0.6) is 0 Å². The summed E-state index contributed by atoms with van der Waals surface area (Å²) < 4.78 is 0. The van der Waals surface area contributed by atoms with Gasteiger partial charge in [0.1, 0.15) is 0 Å². The molecule has 5 nitrogen and oxygen atoms in total. The topological polar surface area (TPSA) is 65.5 Å². The molecule has 2 aromatic rings. The fourth-order valence-corrected chi connectivity index (χ4v) is 3.95. The van der Waals surface area contributed by atoms with E-state index in [4.69, 9.17) is 4.99 Å². The first-order valence-corrected chi connectivity index (χ1v) is 11.0. The fraction of sp³-hybridized carbons (Fsp3) is 0.455. The van der Waals surface area contributed by atoms with Crippen LogP contribution < -0.4 is 16.0 Å². The van der Waals surface area contributed by atoms with Gasteiger partial charge in [-0.3, -0.25) is 4.79 Å². The molecule has 7 heteroatoms. The Kier molecular flexibility index (Phi) is 9.93. The summed E-state index contributed by atoms with van der Waals surface area (Å²) >= 11 is 1.84. The largest absolute Gasteiger partial charge is 0.357 e. The van der Waals surface area contributed by atoms with Crippen molar-refractivity contribution in [1.82, 2.24) is 10.6 Å². The van der Waals surface area contributed by atoms with Crippen molar-refractivity contribution in [2.75, 3.05) is 11.9 Å². The average Bonchev–Trinajstić information content (AvgIpc) is 3.11. The van der Waals surface area contributed by atoms with E-state index in [1.165, 1.54) is 9.75 Å². The van der Waals surface area contributed by atoms with Crippen LogP contribution in [0.15, 0.2) is 41.4 Å². The minimum Gasteiger partial charge on any atom is -0.357 e. The molecule has 0 spiro atoms. The van der Waals surface area contributed by atoms with Crippen LogP contribution in [0.4, 0.5) is 5.69 Å². The van der Waals surface area contributed by atoms with Gasteiger partial charge in [0.25, 0.3) is 0 Å². The van der Waals surface area contributed by atoms with Crippen molar-refractivity contribution in [3.05, 3.63) is 51.7 Å². The SMILES string of the molecule is CCNC(=NCc1cccc(NC(=O)C2CCC2)c1)NCc1ccc(CC)s1.I. The highest BCUT2D eigenvalue weighted by molar-refractivity contribution is 14.0. The maximum Gasteiger partial charge on any atom is 0.227 e. The highest BCUT2D eigenvalue weighted by atomic mass is 127. The smallest absolute Gasteiger partial charge is 0.227 e. The zero-order valence-electron chi connectivity index (χ0n) is 17.2. The number of amides is 1. The Balaban J connectivity index is 0.00000300. The summed E-state index contributed by atoms with van der Waals surface area (Å²) in [6.45, 7) is 6.39. The van der Waals surface area contributed by atoms with Crippen LogP contribution in [0, 0.1) is 5.92 Å². The molecular formula is C22H31IN4OS. The molecule has 3 N–H and O–H groups in total. The van der Waals surface area contributed by atoms with Gasteiger partial charge in [-0.25, -0.2) is 4.99 Å².